The van der Waals surface area contributed by atoms with Crippen molar-refractivity contribution in [2.75, 3.05) is 19.8 Å². The molecular weight excluding hydrogens is 454 g/mol. The van der Waals surface area contributed by atoms with E-state index in [4.69, 9.17) is 9.47 Å². The van der Waals surface area contributed by atoms with E-state index in [2.05, 4.69) is 31.1 Å². The molecular formula is C19H19N7O6S. The van der Waals surface area contributed by atoms with Crippen molar-refractivity contribution in [3.63, 3.8) is 0 Å². The number of rotatable bonds is 7. The second-order valence-electron chi connectivity index (χ2n) is 6.76. The Labute approximate surface area is 188 Å². The SMILES string of the molecule is O=C(CCNS(=O)(=O)c1ccc2c(c1)OCCO2)NNC(=O)c1ccc(-n2cnnn2)cc1. The predicted molar refractivity (Wildman–Crippen MR) is 112 cm³/mol. The summed E-state index contributed by atoms with van der Waals surface area (Å²) in [6.07, 6.45) is 1.22. The number of nitrogens with zero attached hydrogens (tertiary/aromatic N) is 4. The third-order valence-corrected chi connectivity index (χ3v) is 5.99. The zero-order chi connectivity index (χ0) is 23.3. The Hall–Kier alpha value is -4.04. The van der Waals surface area contributed by atoms with E-state index in [1.165, 1.54) is 29.2 Å². The lowest BCUT2D eigenvalue weighted by Crippen LogP contribution is -2.42. The van der Waals surface area contributed by atoms with Crippen LogP contribution in [0.3, 0.4) is 0 Å². The van der Waals surface area contributed by atoms with E-state index in [1.54, 1.807) is 24.3 Å². The number of aromatic nitrogens is 4. The van der Waals surface area contributed by atoms with Gasteiger partial charge in [0, 0.05) is 24.6 Å². The Kier molecular flexibility index (Phi) is 6.46. The molecule has 3 aromatic rings. The van der Waals surface area contributed by atoms with Crippen LogP contribution in [-0.4, -0.2) is 60.2 Å². The Morgan fingerprint density at radius 3 is 2.48 bits per heavy atom. The molecule has 0 fully saturated rings. The number of hydrazine groups is 1. The number of amides is 2. The van der Waals surface area contributed by atoms with Crippen molar-refractivity contribution in [1.82, 2.24) is 35.8 Å². The van der Waals surface area contributed by atoms with Gasteiger partial charge in [0.1, 0.15) is 19.5 Å². The maximum atomic E-state index is 12.4. The number of carbonyl (C=O) groups excluding carboxylic acids is 2. The second kappa shape index (κ2) is 9.62. The van der Waals surface area contributed by atoms with Crippen LogP contribution >= 0.6 is 0 Å². The molecule has 13 nitrogen and oxygen atoms in total. The molecule has 0 spiro atoms. The molecule has 3 N–H and O–H groups in total. The summed E-state index contributed by atoms with van der Waals surface area (Å²) in [6.45, 7) is 0.563. The first kappa shape index (κ1) is 22.2. The van der Waals surface area contributed by atoms with Crippen LogP contribution in [0.25, 0.3) is 5.69 Å². The van der Waals surface area contributed by atoms with Crippen molar-refractivity contribution in [3.05, 3.63) is 54.4 Å². The molecule has 2 amide bonds. The van der Waals surface area contributed by atoms with E-state index in [0.29, 0.717) is 36.0 Å². The van der Waals surface area contributed by atoms with E-state index >= 15 is 0 Å². The van der Waals surface area contributed by atoms with E-state index in [0.717, 1.165) is 0 Å². The Bertz CT molecular complexity index is 1250. The topological polar surface area (TPSA) is 166 Å². The lowest BCUT2D eigenvalue weighted by Gasteiger charge is -2.18. The Balaban J connectivity index is 1.23. The van der Waals surface area contributed by atoms with Gasteiger partial charge in [0.05, 0.1) is 10.6 Å². The lowest BCUT2D eigenvalue weighted by atomic mass is 10.2. The third-order valence-electron chi connectivity index (χ3n) is 4.53. The number of fused-ring (bicyclic) bond motifs is 1. The summed E-state index contributed by atoms with van der Waals surface area (Å²) in [5.41, 5.74) is 5.47. The maximum absolute atomic E-state index is 12.4. The minimum atomic E-state index is -3.86. The number of benzene rings is 2. The van der Waals surface area contributed by atoms with Crippen molar-refractivity contribution in [2.24, 2.45) is 0 Å². The summed E-state index contributed by atoms with van der Waals surface area (Å²) in [4.78, 5) is 24.1. The average molecular weight is 473 g/mol. The number of sulfonamides is 1. The van der Waals surface area contributed by atoms with Gasteiger partial charge in [-0.2, -0.15) is 0 Å². The first-order valence-electron chi connectivity index (χ1n) is 9.74. The molecule has 1 aliphatic rings. The number of carbonyl (C=O) groups is 2. The number of hydrogen-bond acceptors (Lipinski definition) is 9. The van der Waals surface area contributed by atoms with Gasteiger partial charge in [-0.3, -0.25) is 20.4 Å². The van der Waals surface area contributed by atoms with Crippen molar-refractivity contribution in [1.29, 1.82) is 0 Å². The van der Waals surface area contributed by atoms with Gasteiger partial charge in [0.25, 0.3) is 5.91 Å². The van der Waals surface area contributed by atoms with E-state index in [9.17, 15) is 18.0 Å². The molecule has 0 saturated carbocycles. The van der Waals surface area contributed by atoms with E-state index in [1.807, 2.05) is 0 Å². The van der Waals surface area contributed by atoms with Gasteiger partial charge in [-0.05, 0) is 46.8 Å². The van der Waals surface area contributed by atoms with Gasteiger partial charge in [-0.1, -0.05) is 0 Å². The van der Waals surface area contributed by atoms with Crippen LogP contribution < -0.4 is 25.0 Å². The van der Waals surface area contributed by atoms with Crippen LogP contribution in [0.15, 0.2) is 53.7 Å². The normalized spacial score (nSPS) is 12.7. The van der Waals surface area contributed by atoms with Gasteiger partial charge in [-0.25, -0.2) is 17.8 Å². The van der Waals surface area contributed by atoms with Crippen LogP contribution in [0.4, 0.5) is 0 Å². The quantitative estimate of drug-likeness (QED) is 0.386. The molecule has 0 radical (unpaired) electrons. The standard InChI is InChI=1S/C19H19N7O6S/c27-18(22-23-19(28)13-1-3-14(4-2-13)26-12-20-24-25-26)7-8-21-33(29,30)15-5-6-16-17(11-15)32-10-9-31-16/h1-6,11-12,21H,7-10H2,(H,22,27)(H,23,28). The van der Waals surface area contributed by atoms with Gasteiger partial charge < -0.3 is 9.47 Å². The Morgan fingerprint density at radius 1 is 1.00 bits per heavy atom. The molecule has 33 heavy (non-hydrogen) atoms. The summed E-state index contributed by atoms with van der Waals surface area (Å²) in [5.74, 6) is -0.294. The molecule has 0 atom stereocenters. The van der Waals surface area contributed by atoms with Crippen LogP contribution in [0, 0.1) is 0 Å². The highest BCUT2D eigenvalue weighted by atomic mass is 32.2. The minimum Gasteiger partial charge on any atom is -0.486 e. The summed E-state index contributed by atoms with van der Waals surface area (Å²) >= 11 is 0. The third kappa shape index (κ3) is 5.42. The van der Waals surface area contributed by atoms with Crippen molar-refractivity contribution in [3.8, 4) is 17.2 Å². The zero-order valence-electron chi connectivity index (χ0n) is 17.1. The zero-order valence-corrected chi connectivity index (χ0v) is 17.9. The second-order valence-corrected chi connectivity index (χ2v) is 8.52. The van der Waals surface area contributed by atoms with Gasteiger partial charge in [0.2, 0.25) is 15.9 Å². The minimum absolute atomic E-state index is 0.00872. The molecule has 0 aliphatic carbocycles. The predicted octanol–water partition coefficient (Wildman–Crippen LogP) is -0.437. The van der Waals surface area contributed by atoms with Crippen LogP contribution in [0.1, 0.15) is 16.8 Å². The molecule has 1 aliphatic heterocycles. The van der Waals surface area contributed by atoms with Crippen molar-refractivity contribution >= 4 is 21.8 Å². The van der Waals surface area contributed by atoms with Gasteiger partial charge in [-0.15, -0.1) is 5.10 Å². The largest absolute Gasteiger partial charge is 0.486 e. The monoisotopic (exact) mass is 473 g/mol. The number of tetrazole rings is 1. The number of ether oxygens (including phenoxy) is 2. The average Bonchev–Trinajstić information content (AvgIpc) is 3.37. The number of nitrogens with one attached hydrogen (secondary N) is 3. The molecule has 4 rings (SSSR count). The first-order chi connectivity index (χ1) is 15.9. The highest BCUT2D eigenvalue weighted by Gasteiger charge is 2.19. The summed E-state index contributed by atoms with van der Waals surface area (Å²) in [5, 5.41) is 10.8. The molecule has 0 saturated heterocycles. The highest BCUT2D eigenvalue weighted by molar-refractivity contribution is 7.89. The lowest BCUT2D eigenvalue weighted by molar-refractivity contribution is -0.121. The maximum Gasteiger partial charge on any atom is 0.269 e. The molecule has 172 valence electrons. The van der Waals surface area contributed by atoms with Crippen LogP contribution in [-0.2, 0) is 14.8 Å². The molecule has 0 bridgehead atoms. The smallest absolute Gasteiger partial charge is 0.269 e. The van der Waals surface area contributed by atoms with Crippen molar-refractivity contribution in [2.45, 2.75) is 11.3 Å². The molecule has 0 unspecified atom stereocenters. The number of hydrogen-bond donors (Lipinski definition) is 3. The molecule has 1 aromatic heterocycles. The first-order valence-corrected chi connectivity index (χ1v) is 11.2. The van der Waals surface area contributed by atoms with Gasteiger partial charge in [0.15, 0.2) is 11.5 Å². The molecule has 14 heteroatoms. The van der Waals surface area contributed by atoms with E-state index < -0.39 is 21.8 Å². The van der Waals surface area contributed by atoms with Gasteiger partial charge >= 0.3 is 0 Å². The van der Waals surface area contributed by atoms with Crippen LogP contribution in [0.2, 0.25) is 0 Å². The summed E-state index contributed by atoms with van der Waals surface area (Å²) in [7, 11) is -3.86. The Morgan fingerprint density at radius 2 is 1.76 bits per heavy atom. The fraction of sp³-hybridized carbons (Fsp3) is 0.211. The molecule has 2 aromatic carbocycles. The summed E-state index contributed by atoms with van der Waals surface area (Å²) in [6, 6.07) is 10.6. The fourth-order valence-corrected chi connectivity index (χ4v) is 3.93. The molecule has 2 heterocycles. The van der Waals surface area contributed by atoms with Crippen LogP contribution in [0.5, 0.6) is 11.5 Å². The van der Waals surface area contributed by atoms with Crippen molar-refractivity contribution < 1.29 is 27.5 Å². The highest BCUT2D eigenvalue weighted by Crippen LogP contribution is 2.32. The fourth-order valence-electron chi connectivity index (χ4n) is 2.88. The van der Waals surface area contributed by atoms with E-state index in [-0.39, 0.29) is 17.9 Å². The summed E-state index contributed by atoms with van der Waals surface area (Å²) < 4.78 is 39.4.